The van der Waals surface area contributed by atoms with Crippen molar-refractivity contribution in [1.82, 2.24) is 0 Å². The molecule has 4 atom stereocenters. The molecule has 0 unspecified atom stereocenters. The Morgan fingerprint density at radius 3 is 2.43 bits per heavy atom. The van der Waals surface area contributed by atoms with Gasteiger partial charge in [-0.3, -0.25) is 9.59 Å². The molecule has 12 heteroatoms. The number of epoxide rings is 1. The first-order valence-electron chi connectivity index (χ1n) is 11.1. The number of ketones is 2. The number of allylic oxidation sites excluding steroid dienone is 2. The average Bonchev–Trinajstić information content (AvgIpc) is 3.60. The highest BCUT2D eigenvalue weighted by molar-refractivity contribution is 6.26. The minimum absolute atomic E-state index is 0.167. The van der Waals surface area contributed by atoms with Gasteiger partial charge in [0, 0.05) is 11.6 Å². The smallest absolute Gasteiger partial charge is 0.347 e. The van der Waals surface area contributed by atoms with Crippen molar-refractivity contribution in [3.05, 3.63) is 62.4 Å². The number of aryl methyl sites for hydroxylation is 1. The van der Waals surface area contributed by atoms with Crippen LogP contribution in [0.2, 0.25) is 0 Å². The number of fused-ring (bicyclic) bond motifs is 7. The molecule has 37 heavy (non-hydrogen) atoms. The molecular formula is C25H16O12. The predicted molar refractivity (Wildman–Crippen MR) is 119 cm³/mol. The number of rotatable bonds is 1. The highest BCUT2D eigenvalue weighted by Gasteiger charge is 2.71. The van der Waals surface area contributed by atoms with Crippen LogP contribution in [-0.2, 0) is 9.47 Å². The number of phenols is 3. The van der Waals surface area contributed by atoms with E-state index in [0.29, 0.717) is 16.7 Å². The van der Waals surface area contributed by atoms with E-state index in [1.54, 1.807) is 19.1 Å². The van der Waals surface area contributed by atoms with Crippen LogP contribution in [-0.4, -0.2) is 51.0 Å². The number of ether oxygens (including phenoxy) is 4. The van der Waals surface area contributed by atoms with Gasteiger partial charge in [0.1, 0.15) is 23.0 Å². The normalized spacial score (nSPS) is 26.6. The van der Waals surface area contributed by atoms with Crippen LogP contribution in [0.4, 0.5) is 0 Å². The first kappa shape index (κ1) is 21.7. The third-order valence-corrected chi connectivity index (χ3v) is 7.12. The molecule has 0 saturated carbocycles. The van der Waals surface area contributed by atoms with E-state index in [1.165, 1.54) is 0 Å². The zero-order valence-electron chi connectivity index (χ0n) is 19.0. The van der Waals surface area contributed by atoms with Gasteiger partial charge in [-0.2, -0.15) is 0 Å². The molecule has 7 rings (SSSR count). The minimum atomic E-state index is -2.14. The van der Waals surface area contributed by atoms with E-state index in [1.807, 2.05) is 0 Å². The molecule has 1 spiro atoms. The van der Waals surface area contributed by atoms with Crippen LogP contribution in [0.3, 0.4) is 0 Å². The zero-order valence-corrected chi connectivity index (χ0v) is 19.0. The number of phenolic OH excluding ortho intramolecular Hbond substituents is 3. The maximum Gasteiger partial charge on any atom is 0.347 e. The summed E-state index contributed by atoms with van der Waals surface area (Å²) in [6, 6.07) is 3.15. The number of aliphatic hydroxyl groups excluding tert-OH is 1. The van der Waals surface area contributed by atoms with Crippen molar-refractivity contribution < 1.29 is 53.4 Å². The van der Waals surface area contributed by atoms with Crippen LogP contribution >= 0.6 is 0 Å². The molecule has 3 aliphatic heterocycles. The molecule has 4 heterocycles. The number of carbonyl (C=O) groups is 2. The quantitative estimate of drug-likeness (QED) is 0.276. The predicted octanol–water partition coefficient (Wildman–Crippen LogP) is 1.78. The van der Waals surface area contributed by atoms with Gasteiger partial charge in [-0.1, -0.05) is 0 Å². The molecule has 1 aromatic heterocycles. The second kappa shape index (κ2) is 6.60. The van der Waals surface area contributed by atoms with Crippen LogP contribution in [0.5, 0.6) is 28.7 Å². The molecule has 0 radical (unpaired) electrons. The van der Waals surface area contributed by atoms with E-state index >= 15 is 0 Å². The van der Waals surface area contributed by atoms with Gasteiger partial charge in [-0.05, 0) is 24.4 Å². The lowest BCUT2D eigenvalue weighted by molar-refractivity contribution is -0.185. The summed E-state index contributed by atoms with van der Waals surface area (Å²) in [7, 11) is 1.16. The van der Waals surface area contributed by atoms with Gasteiger partial charge < -0.3 is 43.8 Å². The first-order valence-corrected chi connectivity index (χ1v) is 11.1. The number of hydrogen-bond acceptors (Lipinski definition) is 12. The van der Waals surface area contributed by atoms with Gasteiger partial charge >= 0.3 is 11.4 Å². The topological polar surface area (TPSA) is 185 Å². The fourth-order valence-corrected chi connectivity index (χ4v) is 5.43. The van der Waals surface area contributed by atoms with Gasteiger partial charge in [0.05, 0.1) is 23.8 Å². The molecule has 1 saturated heterocycles. The lowest BCUT2D eigenvalue weighted by atomic mass is 9.86. The van der Waals surface area contributed by atoms with Gasteiger partial charge in [-0.15, -0.1) is 0 Å². The Labute approximate surface area is 205 Å². The summed E-state index contributed by atoms with van der Waals surface area (Å²) in [6.07, 6.45) is -2.71. The number of aliphatic hydroxyl groups is 1. The van der Waals surface area contributed by atoms with Gasteiger partial charge in [0.2, 0.25) is 5.78 Å². The number of Topliss-reactive ketones (excluding diaryl/α,β-unsaturated/α-hetero) is 1. The molecule has 4 aliphatic rings. The van der Waals surface area contributed by atoms with Crippen LogP contribution in [0.1, 0.15) is 49.8 Å². The Hall–Kier alpha value is -4.55. The van der Waals surface area contributed by atoms with E-state index in [0.717, 1.165) is 13.2 Å². The molecule has 1 fully saturated rings. The second-order valence-corrected chi connectivity index (χ2v) is 9.15. The van der Waals surface area contributed by atoms with Crippen LogP contribution in [0, 0.1) is 6.92 Å². The second-order valence-electron chi connectivity index (χ2n) is 9.15. The summed E-state index contributed by atoms with van der Waals surface area (Å²) in [5.74, 6) is -6.80. The molecular weight excluding hydrogens is 492 g/mol. The summed E-state index contributed by atoms with van der Waals surface area (Å²) in [4.78, 5) is 38.0. The minimum Gasteiger partial charge on any atom is -0.507 e. The van der Waals surface area contributed by atoms with Crippen LogP contribution in [0.25, 0.3) is 10.8 Å². The van der Waals surface area contributed by atoms with Crippen molar-refractivity contribution in [2.24, 2.45) is 0 Å². The lowest BCUT2D eigenvalue weighted by Crippen LogP contribution is -2.51. The average molecular weight is 508 g/mol. The Balaban J connectivity index is 1.41. The van der Waals surface area contributed by atoms with E-state index in [9.17, 15) is 34.8 Å². The van der Waals surface area contributed by atoms with Crippen molar-refractivity contribution in [1.29, 1.82) is 0 Å². The summed E-state index contributed by atoms with van der Waals surface area (Å²) in [5, 5.41) is 44.5. The third kappa shape index (κ3) is 2.45. The van der Waals surface area contributed by atoms with E-state index in [4.69, 9.17) is 23.4 Å². The Morgan fingerprint density at radius 2 is 1.70 bits per heavy atom. The molecule has 0 amide bonds. The van der Waals surface area contributed by atoms with Gasteiger partial charge in [-0.25, -0.2) is 4.79 Å². The standard InChI is InChI=1S/C25H16O12/c1-6-3-7-4-8-19(17(29)11(7)24(32)34-6)36-25(23-20(8)35-23)22(31)14-16(28)12-9(26)5-10(33-2)15(27)13(12)18(30)21(14)37-25/h3-5,20,22-23,28-31H,1-2H3/t20-,22-,23-,25-/m0/s1. The van der Waals surface area contributed by atoms with Crippen molar-refractivity contribution in [2.75, 3.05) is 7.11 Å². The maximum atomic E-state index is 12.8. The largest absolute Gasteiger partial charge is 0.507 e. The fourth-order valence-electron chi connectivity index (χ4n) is 5.43. The highest BCUT2D eigenvalue weighted by atomic mass is 16.8. The number of benzene rings is 2. The molecule has 3 aromatic rings. The van der Waals surface area contributed by atoms with Crippen molar-refractivity contribution in [3.8, 4) is 28.7 Å². The molecule has 188 valence electrons. The van der Waals surface area contributed by atoms with Gasteiger partial charge in [0.25, 0.3) is 0 Å². The van der Waals surface area contributed by atoms with Crippen molar-refractivity contribution in [3.63, 3.8) is 0 Å². The molecule has 1 aliphatic carbocycles. The SMILES string of the molecule is COC1=CC(=O)c2c(O)c3c(c(O)c2C1=O)O[C@@]1(Oc2c(cc4cc(C)oc(=O)c4c2O)[C@@H]2O[C@@H]21)[C@H]3O. The fraction of sp³-hybridized carbons (Fsp3) is 0.240. The Morgan fingerprint density at radius 1 is 0.973 bits per heavy atom. The summed E-state index contributed by atoms with van der Waals surface area (Å²) < 4.78 is 27.6. The number of carbonyl (C=O) groups excluding carboxylic acids is 2. The van der Waals surface area contributed by atoms with Crippen LogP contribution in [0.15, 0.2) is 33.2 Å². The maximum absolute atomic E-state index is 12.8. The van der Waals surface area contributed by atoms with Gasteiger partial charge in [0.15, 0.2) is 46.7 Å². The number of methoxy groups -OCH3 is 1. The van der Waals surface area contributed by atoms with Crippen molar-refractivity contribution >= 4 is 22.3 Å². The Bertz CT molecular complexity index is 1730. The summed E-state index contributed by atoms with van der Waals surface area (Å²) in [5.41, 5.74) is -1.93. The van der Waals surface area contributed by atoms with E-state index in [2.05, 4.69) is 0 Å². The van der Waals surface area contributed by atoms with E-state index < -0.39 is 81.0 Å². The zero-order chi connectivity index (χ0) is 26.1. The molecule has 4 N–H and O–H groups in total. The third-order valence-electron chi connectivity index (χ3n) is 7.12. The van der Waals surface area contributed by atoms with E-state index in [-0.39, 0.29) is 16.9 Å². The lowest BCUT2D eigenvalue weighted by Gasteiger charge is -2.34. The summed E-state index contributed by atoms with van der Waals surface area (Å²) >= 11 is 0. The molecule has 2 aromatic carbocycles. The van der Waals surface area contributed by atoms with Crippen LogP contribution < -0.4 is 15.1 Å². The summed E-state index contributed by atoms with van der Waals surface area (Å²) in [6.45, 7) is 1.58. The molecule has 12 nitrogen and oxygen atoms in total. The monoisotopic (exact) mass is 508 g/mol. The number of aromatic hydroxyl groups is 3. The Kier molecular flexibility index (Phi) is 3.87. The van der Waals surface area contributed by atoms with Crippen molar-refractivity contribution in [2.45, 2.75) is 31.0 Å². The number of hydrogen-bond donors (Lipinski definition) is 4. The highest BCUT2D eigenvalue weighted by Crippen LogP contribution is 2.65. The molecule has 0 bridgehead atoms. The first-order chi connectivity index (χ1) is 17.6.